The third kappa shape index (κ3) is 3.57. The zero-order valence-electron chi connectivity index (χ0n) is 15.5. The van der Waals surface area contributed by atoms with Gasteiger partial charge in [0.2, 0.25) is 11.8 Å². The van der Waals surface area contributed by atoms with Crippen LogP contribution in [0, 0.1) is 5.92 Å². The molecule has 3 fully saturated rings. The Bertz CT molecular complexity index is 634. The van der Waals surface area contributed by atoms with Crippen LogP contribution in [0.4, 0.5) is 5.69 Å². The summed E-state index contributed by atoms with van der Waals surface area (Å²) < 4.78 is 0. The molecule has 0 N–H and O–H groups in total. The van der Waals surface area contributed by atoms with Crippen molar-refractivity contribution in [3.05, 3.63) is 30.3 Å². The molecule has 1 aromatic rings. The van der Waals surface area contributed by atoms with Crippen molar-refractivity contribution in [3.63, 3.8) is 0 Å². The van der Waals surface area contributed by atoms with Gasteiger partial charge >= 0.3 is 0 Å². The first-order valence-electron chi connectivity index (χ1n) is 10.1. The summed E-state index contributed by atoms with van der Waals surface area (Å²) in [5, 5.41) is 0. The summed E-state index contributed by atoms with van der Waals surface area (Å²) in [6, 6.07) is 10.8. The van der Waals surface area contributed by atoms with Gasteiger partial charge in [0.15, 0.2) is 0 Å². The molecule has 0 unspecified atom stereocenters. The molecule has 26 heavy (non-hydrogen) atoms. The van der Waals surface area contributed by atoms with Crippen molar-refractivity contribution in [1.29, 1.82) is 0 Å². The molecule has 1 saturated carbocycles. The Morgan fingerprint density at radius 2 is 1.62 bits per heavy atom. The molecule has 0 spiro atoms. The van der Waals surface area contributed by atoms with E-state index in [0.717, 1.165) is 39.0 Å². The standard InChI is InChI=1S/C21H29N3O2/c25-20-15-17(16-24(20)19-9-5-2-6-10-19)21(26)23-13-11-22(12-14-23)18-7-3-1-4-8-18/h1,3-4,7-8,17,19H,2,5-6,9-16H2/t17-/m0/s1. The number of hydrogen-bond donors (Lipinski definition) is 0. The Balaban J connectivity index is 1.32. The molecule has 2 amide bonds. The summed E-state index contributed by atoms with van der Waals surface area (Å²) in [7, 11) is 0. The Kier molecular flexibility index (Phi) is 5.14. The van der Waals surface area contributed by atoms with Gasteiger partial charge < -0.3 is 14.7 Å². The van der Waals surface area contributed by atoms with Gasteiger partial charge in [-0.15, -0.1) is 0 Å². The second-order valence-electron chi connectivity index (χ2n) is 7.89. The van der Waals surface area contributed by atoms with Crippen molar-refractivity contribution in [2.24, 2.45) is 5.92 Å². The molecule has 1 aliphatic carbocycles. The van der Waals surface area contributed by atoms with Crippen LogP contribution in [-0.4, -0.2) is 60.4 Å². The molecule has 2 heterocycles. The van der Waals surface area contributed by atoms with Gasteiger partial charge in [-0.1, -0.05) is 37.5 Å². The lowest BCUT2D eigenvalue weighted by atomic mass is 9.94. The number of nitrogens with zero attached hydrogens (tertiary/aromatic N) is 3. The van der Waals surface area contributed by atoms with Crippen molar-refractivity contribution in [3.8, 4) is 0 Å². The number of amides is 2. The normalized spacial score (nSPS) is 25.0. The second-order valence-corrected chi connectivity index (χ2v) is 7.89. The molecule has 0 bridgehead atoms. The average Bonchev–Trinajstić information content (AvgIpc) is 3.10. The highest BCUT2D eigenvalue weighted by atomic mass is 16.2. The summed E-state index contributed by atoms with van der Waals surface area (Å²) in [4.78, 5) is 31.7. The third-order valence-corrected chi connectivity index (χ3v) is 6.24. The highest BCUT2D eigenvalue weighted by Crippen LogP contribution is 2.29. The fraction of sp³-hybridized carbons (Fsp3) is 0.619. The topological polar surface area (TPSA) is 43.9 Å². The molecule has 0 radical (unpaired) electrons. The molecule has 5 heteroatoms. The largest absolute Gasteiger partial charge is 0.368 e. The van der Waals surface area contributed by atoms with Crippen molar-refractivity contribution in [2.75, 3.05) is 37.6 Å². The van der Waals surface area contributed by atoms with E-state index < -0.39 is 0 Å². The van der Waals surface area contributed by atoms with Crippen LogP contribution in [-0.2, 0) is 9.59 Å². The van der Waals surface area contributed by atoms with Gasteiger partial charge in [0.1, 0.15) is 0 Å². The molecule has 140 valence electrons. The first-order valence-corrected chi connectivity index (χ1v) is 10.1. The van der Waals surface area contributed by atoms with Gasteiger partial charge in [0.05, 0.1) is 5.92 Å². The first kappa shape index (κ1) is 17.4. The van der Waals surface area contributed by atoms with E-state index in [0.29, 0.717) is 19.0 Å². The van der Waals surface area contributed by atoms with Crippen molar-refractivity contribution >= 4 is 17.5 Å². The van der Waals surface area contributed by atoms with Crippen LogP contribution in [0.5, 0.6) is 0 Å². The molecule has 5 nitrogen and oxygen atoms in total. The highest BCUT2D eigenvalue weighted by molar-refractivity contribution is 5.89. The maximum Gasteiger partial charge on any atom is 0.228 e. The number of anilines is 1. The minimum Gasteiger partial charge on any atom is -0.368 e. The van der Waals surface area contributed by atoms with Gasteiger partial charge in [-0.05, 0) is 25.0 Å². The first-order chi connectivity index (χ1) is 12.7. The highest BCUT2D eigenvalue weighted by Gasteiger charge is 2.40. The molecular weight excluding hydrogens is 326 g/mol. The number of carbonyl (C=O) groups excluding carboxylic acids is 2. The molecule has 4 rings (SSSR count). The summed E-state index contributed by atoms with van der Waals surface area (Å²) in [5.74, 6) is 0.246. The quantitative estimate of drug-likeness (QED) is 0.837. The number of piperazine rings is 1. The lowest BCUT2D eigenvalue weighted by Gasteiger charge is -2.37. The lowest BCUT2D eigenvalue weighted by molar-refractivity contribution is -0.136. The monoisotopic (exact) mass is 355 g/mol. The predicted molar refractivity (Wildman–Crippen MR) is 102 cm³/mol. The zero-order valence-corrected chi connectivity index (χ0v) is 15.5. The Morgan fingerprint density at radius 1 is 0.923 bits per heavy atom. The second kappa shape index (κ2) is 7.68. The predicted octanol–water partition coefficient (Wildman–Crippen LogP) is 2.52. The molecule has 2 saturated heterocycles. The Morgan fingerprint density at radius 3 is 2.31 bits per heavy atom. The van der Waals surface area contributed by atoms with E-state index in [1.165, 1.54) is 24.9 Å². The van der Waals surface area contributed by atoms with E-state index >= 15 is 0 Å². The van der Waals surface area contributed by atoms with Crippen molar-refractivity contribution < 1.29 is 9.59 Å². The van der Waals surface area contributed by atoms with E-state index in [2.05, 4.69) is 29.2 Å². The van der Waals surface area contributed by atoms with Gasteiger partial charge in [-0.25, -0.2) is 0 Å². The van der Waals surface area contributed by atoms with Crippen molar-refractivity contribution in [1.82, 2.24) is 9.80 Å². The van der Waals surface area contributed by atoms with Crippen LogP contribution in [0.15, 0.2) is 30.3 Å². The fourth-order valence-corrected chi connectivity index (χ4v) is 4.72. The van der Waals surface area contributed by atoms with E-state index in [9.17, 15) is 9.59 Å². The lowest BCUT2D eigenvalue weighted by Crippen LogP contribution is -2.50. The molecule has 0 aromatic heterocycles. The smallest absolute Gasteiger partial charge is 0.228 e. The average molecular weight is 355 g/mol. The van der Waals surface area contributed by atoms with Crippen LogP contribution in [0.3, 0.4) is 0 Å². The molecule has 2 aliphatic heterocycles. The van der Waals surface area contributed by atoms with Gasteiger partial charge in [-0.3, -0.25) is 9.59 Å². The zero-order chi connectivity index (χ0) is 17.9. The third-order valence-electron chi connectivity index (χ3n) is 6.24. The Hall–Kier alpha value is -2.04. The van der Waals surface area contributed by atoms with E-state index in [1.54, 1.807) is 0 Å². The molecule has 3 aliphatic rings. The minimum atomic E-state index is -0.132. The number of carbonyl (C=O) groups is 2. The van der Waals surface area contributed by atoms with Gasteiger partial charge in [-0.2, -0.15) is 0 Å². The Labute approximate surface area is 155 Å². The van der Waals surface area contributed by atoms with Crippen molar-refractivity contribution in [2.45, 2.75) is 44.6 Å². The number of para-hydroxylation sites is 1. The summed E-state index contributed by atoms with van der Waals surface area (Å²) in [5.41, 5.74) is 1.22. The number of rotatable bonds is 3. The van der Waals surface area contributed by atoms with Crippen LogP contribution in [0.25, 0.3) is 0 Å². The number of benzene rings is 1. The summed E-state index contributed by atoms with van der Waals surface area (Å²) in [6.45, 7) is 3.87. The number of likely N-dealkylation sites (tertiary alicyclic amines) is 1. The maximum atomic E-state index is 12.9. The van der Waals surface area contributed by atoms with E-state index in [1.807, 2.05) is 15.9 Å². The van der Waals surface area contributed by atoms with Gasteiger partial charge in [0, 0.05) is 50.9 Å². The van der Waals surface area contributed by atoms with Crippen LogP contribution in [0.2, 0.25) is 0 Å². The maximum absolute atomic E-state index is 12.9. The SMILES string of the molecule is O=C([C@H]1CC(=O)N(C2CCCCC2)C1)N1CCN(c2ccccc2)CC1. The molecular formula is C21H29N3O2. The molecule has 1 aromatic carbocycles. The molecule has 1 atom stereocenters. The fourth-order valence-electron chi connectivity index (χ4n) is 4.72. The van der Waals surface area contributed by atoms with Crippen LogP contribution < -0.4 is 4.90 Å². The van der Waals surface area contributed by atoms with Crippen LogP contribution >= 0.6 is 0 Å². The van der Waals surface area contributed by atoms with E-state index in [4.69, 9.17) is 0 Å². The minimum absolute atomic E-state index is 0.132. The number of hydrogen-bond acceptors (Lipinski definition) is 3. The van der Waals surface area contributed by atoms with E-state index in [-0.39, 0.29) is 17.7 Å². The summed E-state index contributed by atoms with van der Waals surface area (Å²) in [6.07, 6.45) is 6.36. The summed E-state index contributed by atoms with van der Waals surface area (Å²) >= 11 is 0. The van der Waals surface area contributed by atoms with Gasteiger partial charge in [0.25, 0.3) is 0 Å². The van der Waals surface area contributed by atoms with Crippen LogP contribution in [0.1, 0.15) is 38.5 Å².